The maximum absolute atomic E-state index is 12.5. The first-order chi connectivity index (χ1) is 11.4. The first-order valence-corrected chi connectivity index (χ1v) is 8.63. The SMILES string of the molecule is CCN(Cc1ccccc1)C(=O)NCC(C)(C)c1ccc(Cl)cc1. The van der Waals surface area contributed by atoms with Crippen LogP contribution in [0, 0.1) is 0 Å². The average Bonchev–Trinajstić information content (AvgIpc) is 2.59. The third-order valence-corrected chi connectivity index (χ3v) is 4.44. The van der Waals surface area contributed by atoms with Gasteiger partial charge in [0, 0.05) is 30.1 Å². The predicted molar refractivity (Wildman–Crippen MR) is 100 cm³/mol. The van der Waals surface area contributed by atoms with Gasteiger partial charge in [0.1, 0.15) is 0 Å². The van der Waals surface area contributed by atoms with E-state index in [1.807, 2.05) is 66.4 Å². The Labute approximate surface area is 149 Å². The van der Waals surface area contributed by atoms with Crippen molar-refractivity contribution in [3.8, 4) is 0 Å². The number of hydrogen-bond acceptors (Lipinski definition) is 1. The maximum atomic E-state index is 12.5. The van der Waals surface area contributed by atoms with Crippen molar-refractivity contribution in [3.63, 3.8) is 0 Å². The Hall–Kier alpha value is -2.00. The van der Waals surface area contributed by atoms with Gasteiger partial charge in [0.25, 0.3) is 0 Å². The molecule has 3 nitrogen and oxygen atoms in total. The van der Waals surface area contributed by atoms with E-state index in [1.165, 1.54) is 0 Å². The van der Waals surface area contributed by atoms with Gasteiger partial charge in [-0.15, -0.1) is 0 Å². The molecule has 0 radical (unpaired) electrons. The molecular formula is C20H25ClN2O. The van der Waals surface area contributed by atoms with Crippen LogP contribution in [0.1, 0.15) is 31.9 Å². The average molecular weight is 345 g/mol. The van der Waals surface area contributed by atoms with E-state index in [2.05, 4.69) is 19.2 Å². The monoisotopic (exact) mass is 344 g/mol. The molecule has 2 aromatic carbocycles. The Balaban J connectivity index is 1.96. The van der Waals surface area contributed by atoms with Crippen LogP contribution in [0.2, 0.25) is 5.02 Å². The lowest BCUT2D eigenvalue weighted by Gasteiger charge is -2.28. The molecule has 0 aliphatic carbocycles. The van der Waals surface area contributed by atoms with E-state index >= 15 is 0 Å². The van der Waals surface area contributed by atoms with E-state index in [9.17, 15) is 4.79 Å². The summed E-state index contributed by atoms with van der Waals surface area (Å²) in [5.74, 6) is 0. The van der Waals surface area contributed by atoms with Gasteiger partial charge in [0.15, 0.2) is 0 Å². The largest absolute Gasteiger partial charge is 0.337 e. The quantitative estimate of drug-likeness (QED) is 0.798. The van der Waals surface area contributed by atoms with Gasteiger partial charge in [0.2, 0.25) is 0 Å². The van der Waals surface area contributed by atoms with Crippen molar-refractivity contribution >= 4 is 17.6 Å². The maximum Gasteiger partial charge on any atom is 0.317 e. The van der Waals surface area contributed by atoms with Crippen LogP contribution in [-0.4, -0.2) is 24.0 Å². The molecule has 0 atom stereocenters. The van der Waals surface area contributed by atoms with Crippen molar-refractivity contribution in [2.24, 2.45) is 0 Å². The highest BCUT2D eigenvalue weighted by atomic mass is 35.5. The fourth-order valence-electron chi connectivity index (χ4n) is 2.54. The number of rotatable bonds is 6. The third-order valence-electron chi connectivity index (χ3n) is 4.19. The van der Waals surface area contributed by atoms with Crippen LogP contribution in [0.4, 0.5) is 4.79 Å². The summed E-state index contributed by atoms with van der Waals surface area (Å²) in [5.41, 5.74) is 2.12. The summed E-state index contributed by atoms with van der Waals surface area (Å²) in [7, 11) is 0. The molecule has 0 heterocycles. The normalized spacial score (nSPS) is 11.2. The molecule has 0 fully saturated rings. The van der Waals surface area contributed by atoms with E-state index in [-0.39, 0.29) is 11.4 Å². The summed E-state index contributed by atoms with van der Waals surface area (Å²) >= 11 is 5.95. The highest BCUT2D eigenvalue weighted by Gasteiger charge is 2.22. The lowest BCUT2D eigenvalue weighted by atomic mass is 9.85. The Morgan fingerprint density at radius 3 is 2.29 bits per heavy atom. The number of urea groups is 1. The van der Waals surface area contributed by atoms with Crippen LogP contribution in [0.15, 0.2) is 54.6 Å². The standard InChI is InChI=1S/C20H25ClN2O/c1-4-23(14-16-8-6-5-7-9-16)19(24)22-15-20(2,3)17-10-12-18(21)13-11-17/h5-13H,4,14-15H2,1-3H3,(H,22,24). The van der Waals surface area contributed by atoms with Crippen molar-refractivity contribution < 1.29 is 4.79 Å². The fourth-order valence-corrected chi connectivity index (χ4v) is 2.67. The van der Waals surface area contributed by atoms with Crippen molar-refractivity contribution in [1.29, 1.82) is 0 Å². The number of carbonyl (C=O) groups excluding carboxylic acids is 1. The molecule has 0 aliphatic heterocycles. The molecule has 2 aromatic rings. The Kier molecular flexibility index (Phi) is 6.27. The molecule has 0 unspecified atom stereocenters. The highest BCUT2D eigenvalue weighted by molar-refractivity contribution is 6.30. The lowest BCUT2D eigenvalue weighted by Crippen LogP contribution is -2.44. The van der Waals surface area contributed by atoms with E-state index < -0.39 is 0 Å². The zero-order chi connectivity index (χ0) is 17.6. The molecule has 0 saturated carbocycles. The molecule has 128 valence electrons. The van der Waals surface area contributed by atoms with Gasteiger partial charge in [-0.25, -0.2) is 4.79 Å². The molecular weight excluding hydrogens is 320 g/mol. The molecule has 4 heteroatoms. The molecule has 2 rings (SSSR count). The number of carbonyl (C=O) groups is 1. The minimum absolute atomic E-state index is 0.0385. The molecule has 0 saturated heterocycles. The minimum Gasteiger partial charge on any atom is -0.337 e. The van der Waals surface area contributed by atoms with Crippen molar-refractivity contribution in [2.45, 2.75) is 32.7 Å². The number of halogens is 1. The predicted octanol–water partition coefficient (Wildman–Crippen LogP) is 4.85. The molecule has 24 heavy (non-hydrogen) atoms. The van der Waals surface area contributed by atoms with Gasteiger partial charge in [-0.05, 0) is 30.2 Å². The van der Waals surface area contributed by atoms with Crippen LogP contribution in [0.25, 0.3) is 0 Å². The molecule has 0 spiro atoms. The third kappa shape index (κ3) is 5.00. The van der Waals surface area contributed by atoms with Gasteiger partial charge in [-0.2, -0.15) is 0 Å². The molecule has 2 amide bonds. The van der Waals surface area contributed by atoms with Crippen LogP contribution in [0.5, 0.6) is 0 Å². The zero-order valence-electron chi connectivity index (χ0n) is 14.6. The minimum atomic E-state index is -0.160. The van der Waals surface area contributed by atoms with E-state index in [1.54, 1.807) is 0 Å². The first kappa shape index (κ1) is 18.3. The van der Waals surface area contributed by atoms with Gasteiger partial charge in [0.05, 0.1) is 0 Å². The zero-order valence-corrected chi connectivity index (χ0v) is 15.3. The molecule has 0 aromatic heterocycles. The van der Waals surface area contributed by atoms with E-state index in [4.69, 9.17) is 11.6 Å². The highest BCUT2D eigenvalue weighted by Crippen LogP contribution is 2.24. The van der Waals surface area contributed by atoms with Gasteiger partial charge in [-0.3, -0.25) is 0 Å². The van der Waals surface area contributed by atoms with Crippen molar-refractivity contribution in [3.05, 3.63) is 70.7 Å². The molecule has 1 N–H and O–H groups in total. The molecule has 0 aliphatic rings. The smallest absolute Gasteiger partial charge is 0.317 e. The van der Waals surface area contributed by atoms with E-state index in [0.29, 0.717) is 19.6 Å². The summed E-state index contributed by atoms with van der Waals surface area (Å²) in [4.78, 5) is 14.3. The van der Waals surface area contributed by atoms with Gasteiger partial charge >= 0.3 is 6.03 Å². The Bertz CT molecular complexity index is 653. The van der Waals surface area contributed by atoms with Crippen LogP contribution >= 0.6 is 11.6 Å². The Morgan fingerprint density at radius 1 is 1.08 bits per heavy atom. The van der Waals surface area contributed by atoms with Gasteiger partial charge < -0.3 is 10.2 Å². The summed E-state index contributed by atoms with van der Waals surface area (Å²) in [6, 6.07) is 17.8. The first-order valence-electron chi connectivity index (χ1n) is 8.25. The number of nitrogens with one attached hydrogen (secondary N) is 1. The van der Waals surface area contributed by atoms with Crippen LogP contribution in [0.3, 0.4) is 0 Å². The van der Waals surface area contributed by atoms with E-state index in [0.717, 1.165) is 16.1 Å². The topological polar surface area (TPSA) is 32.3 Å². The Morgan fingerprint density at radius 2 is 1.71 bits per heavy atom. The number of hydrogen-bond donors (Lipinski definition) is 1. The second-order valence-electron chi connectivity index (χ2n) is 6.55. The lowest BCUT2D eigenvalue weighted by molar-refractivity contribution is 0.195. The summed E-state index contributed by atoms with van der Waals surface area (Å²) in [5, 5.41) is 3.78. The second kappa shape index (κ2) is 8.20. The van der Waals surface area contributed by atoms with Crippen LogP contribution < -0.4 is 5.32 Å². The number of nitrogens with zero attached hydrogens (tertiary/aromatic N) is 1. The number of benzene rings is 2. The second-order valence-corrected chi connectivity index (χ2v) is 6.99. The fraction of sp³-hybridized carbons (Fsp3) is 0.350. The summed E-state index contributed by atoms with van der Waals surface area (Å²) in [6.07, 6.45) is 0. The van der Waals surface area contributed by atoms with Crippen molar-refractivity contribution in [1.82, 2.24) is 10.2 Å². The van der Waals surface area contributed by atoms with Crippen LogP contribution in [-0.2, 0) is 12.0 Å². The molecule has 0 bridgehead atoms. The number of amides is 2. The summed E-state index contributed by atoms with van der Waals surface area (Å²) < 4.78 is 0. The summed E-state index contributed by atoms with van der Waals surface area (Å²) in [6.45, 7) is 8.08. The van der Waals surface area contributed by atoms with Gasteiger partial charge in [-0.1, -0.05) is 67.9 Å². The van der Waals surface area contributed by atoms with Crippen molar-refractivity contribution in [2.75, 3.05) is 13.1 Å².